The van der Waals surface area contributed by atoms with Gasteiger partial charge in [0.25, 0.3) is 0 Å². The fourth-order valence-electron chi connectivity index (χ4n) is 2.55. The standard InChI is InChI=1S/C13H16N2/c1-9-13-11(7-8-15(9)2)10-5-3-4-6-12(10)14-13/h3-6,9,14H,7-8H2,1-2H3. The minimum Gasteiger partial charge on any atom is -0.357 e. The Labute approximate surface area is 89.9 Å². The molecule has 0 saturated carbocycles. The monoisotopic (exact) mass is 200 g/mol. The molecule has 0 bridgehead atoms. The highest BCUT2D eigenvalue weighted by Gasteiger charge is 2.24. The Bertz CT molecular complexity index is 498. The van der Waals surface area contributed by atoms with Gasteiger partial charge in [-0.3, -0.25) is 4.90 Å². The van der Waals surface area contributed by atoms with E-state index in [1.165, 1.54) is 28.6 Å². The predicted octanol–water partition coefficient (Wildman–Crippen LogP) is 2.72. The average molecular weight is 200 g/mol. The number of rotatable bonds is 0. The molecular weight excluding hydrogens is 184 g/mol. The van der Waals surface area contributed by atoms with Gasteiger partial charge in [-0.05, 0) is 32.0 Å². The zero-order valence-electron chi connectivity index (χ0n) is 9.25. The van der Waals surface area contributed by atoms with E-state index < -0.39 is 0 Å². The van der Waals surface area contributed by atoms with Crippen LogP contribution in [0, 0.1) is 0 Å². The zero-order valence-corrected chi connectivity index (χ0v) is 9.25. The molecule has 2 heteroatoms. The van der Waals surface area contributed by atoms with Crippen molar-refractivity contribution in [2.24, 2.45) is 0 Å². The topological polar surface area (TPSA) is 19.0 Å². The maximum atomic E-state index is 3.55. The van der Waals surface area contributed by atoms with Crippen LogP contribution in [0.4, 0.5) is 0 Å². The summed E-state index contributed by atoms with van der Waals surface area (Å²) in [4.78, 5) is 5.96. The molecule has 0 saturated heterocycles. The zero-order chi connectivity index (χ0) is 10.4. The molecule has 0 radical (unpaired) electrons. The number of hydrogen-bond donors (Lipinski definition) is 1. The van der Waals surface area contributed by atoms with Crippen LogP contribution in [0.5, 0.6) is 0 Å². The number of nitrogens with one attached hydrogen (secondary N) is 1. The summed E-state index contributed by atoms with van der Waals surface area (Å²) in [7, 11) is 2.19. The molecule has 0 spiro atoms. The van der Waals surface area contributed by atoms with E-state index in [-0.39, 0.29) is 0 Å². The Morgan fingerprint density at radius 3 is 3.00 bits per heavy atom. The van der Waals surface area contributed by atoms with Gasteiger partial charge in [0.15, 0.2) is 0 Å². The molecule has 15 heavy (non-hydrogen) atoms. The van der Waals surface area contributed by atoms with Crippen molar-refractivity contribution in [3.63, 3.8) is 0 Å². The van der Waals surface area contributed by atoms with E-state index in [1.54, 1.807) is 0 Å². The van der Waals surface area contributed by atoms with Crippen LogP contribution in [-0.2, 0) is 6.42 Å². The van der Waals surface area contributed by atoms with Crippen molar-refractivity contribution in [2.45, 2.75) is 19.4 Å². The smallest absolute Gasteiger partial charge is 0.0470 e. The summed E-state index contributed by atoms with van der Waals surface area (Å²) in [5, 5.41) is 1.41. The van der Waals surface area contributed by atoms with Gasteiger partial charge in [0.1, 0.15) is 0 Å². The second-order valence-electron chi connectivity index (χ2n) is 4.47. The van der Waals surface area contributed by atoms with Crippen molar-refractivity contribution in [3.05, 3.63) is 35.5 Å². The van der Waals surface area contributed by atoms with Crippen LogP contribution in [0.3, 0.4) is 0 Å². The highest BCUT2D eigenvalue weighted by Crippen LogP contribution is 2.32. The molecule has 1 aliphatic rings. The number of nitrogens with zero attached hydrogens (tertiary/aromatic N) is 1. The molecular formula is C13H16N2. The molecule has 1 N–H and O–H groups in total. The molecule has 3 rings (SSSR count). The maximum Gasteiger partial charge on any atom is 0.0470 e. The van der Waals surface area contributed by atoms with E-state index in [9.17, 15) is 0 Å². The van der Waals surface area contributed by atoms with Crippen LogP contribution in [0.15, 0.2) is 24.3 Å². The molecule has 2 nitrogen and oxygen atoms in total. The molecule has 1 aliphatic heterocycles. The third kappa shape index (κ3) is 1.21. The quantitative estimate of drug-likeness (QED) is 0.692. The number of likely N-dealkylation sites (N-methyl/N-ethyl adjacent to an activating group) is 1. The Kier molecular flexibility index (Phi) is 1.86. The van der Waals surface area contributed by atoms with Crippen molar-refractivity contribution >= 4 is 10.9 Å². The van der Waals surface area contributed by atoms with Crippen molar-refractivity contribution in [3.8, 4) is 0 Å². The Hall–Kier alpha value is -1.28. The van der Waals surface area contributed by atoms with Gasteiger partial charge < -0.3 is 4.98 Å². The Morgan fingerprint density at radius 2 is 2.13 bits per heavy atom. The third-order valence-corrected chi connectivity index (χ3v) is 3.64. The lowest BCUT2D eigenvalue weighted by Crippen LogP contribution is -2.30. The van der Waals surface area contributed by atoms with E-state index in [4.69, 9.17) is 0 Å². The van der Waals surface area contributed by atoms with E-state index >= 15 is 0 Å². The second-order valence-corrected chi connectivity index (χ2v) is 4.47. The number of aromatic nitrogens is 1. The first-order valence-corrected chi connectivity index (χ1v) is 5.57. The number of fused-ring (bicyclic) bond motifs is 3. The normalized spacial score (nSPS) is 21.9. The van der Waals surface area contributed by atoms with Crippen LogP contribution in [0.2, 0.25) is 0 Å². The summed E-state index contributed by atoms with van der Waals surface area (Å²) < 4.78 is 0. The van der Waals surface area contributed by atoms with Crippen LogP contribution in [-0.4, -0.2) is 23.5 Å². The summed E-state index contributed by atoms with van der Waals surface area (Å²) in [6.07, 6.45) is 1.17. The second kappa shape index (κ2) is 3.11. The summed E-state index contributed by atoms with van der Waals surface area (Å²) in [6, 6.07) is 9.13. The number of H-pyrrole nitrogens is 1. The van der Waals surface area contributed by atoms with E-state index in [1.807, 2.05) is 0 Å². The molecule has 1 unspecified atom stereocenters. The molecule has 0 fully saturated rings. The summed E-state index contributed by atoms with van der Waals surface area (Å²) in [5.41, 5.74) is 4.21. The fraction of sp³-hybridized carbons (Fsp3) is 0.385. The maximum absolute atomic E-state index is 3.55. The van der Waals surface area contributed by atoms with Gasteiger partial charge in [0.2, 0.25) is 0 Å². The van der Waals surface area contributed by atoms with Crippen LogP contribution < -0.4 is 0 Å². The molecule has 2 aromatic rings. The molecule has 2 heterocycles. The molecule has 1 atom stereocenters. The Balaban J connectivity index is 2.26. The molecule has 78 valence electrons. The summed E-state index contributed by atoms with van der Waals surface area (Å²) >= 11 is 0. The minimum atomic E-state index is 0.515. The van der Waals surface area contributed by atoms with Crippen LogP contribution >= 0.6 is 0 Å². The summed E-state index contributed by atoms with van der Waals surface area (Å²) in [6.45, 7) is 3.43. The van der Waals surface area contributed by atoms with Gasteiger partial charge in [-0.25, -0.2) is 0 Å². The average Bonchev–Trinajstić information content (AvgIpc) is 2.63. The fourth-order valence-corrected chi connectivity index (χ4v) is 2.55. The van der Waals surface area contributed by atoms with Crippen molar-refractivity contribution in [1.29, 1.82) is 0 Å². The van der Waals surface area contributed by atoms with Crippen LogP contribution in [0.1, 0.15) is 24.2 Å². The molecule has 0 amide bonds. The SMILES string of the molecule is CC1c2[nH]c3ccccc3c2CCN1C. The van der Waals surface area contributed by atoms with Crippen molar-refractivity contribution < 1.29 is 0 Å². The lowest BCUT2D eigenvalue weighted by atomic mass is 9.99. The first-order valence-electron chi connectivity index (χ1n) is 5.57. The van der Waals surface area contributed by atoms with Crippen LogP contribution in [0.25, 0.3) is 10.9 Å². The molecule has 1 aromatic carbocycles. The minimum absolute atomic E-state index is 0.515. The highest BCUT2D eigenvalue weighted by molar-refractivity contribution is 5.85. The molecule has 0 aliphatic carbocycles. The first kappa shape index (κ1) is 8.98. The predicted molar refractivity (Wildman–Crippen MR) is 63.0 cm³/mol. The largest absolute Gasteiger partial charge is 0.357 e. The highest BCUT2D eigenvalue weighted by atomic mass is 15.1. The van der Waals surface area contributed by atoms with Crippen molar-refractivity contribution in [1.82, 2.24) is 9.88 Å². The van der Waals surface area contributed by atoms with Gasteiger partial charge in [-0.2, -0.15) is 0 Å². The Morgan fingerprint density at radius 1 is 1.33 bits per heavy atom. The third-order valence-electron chi connectivity index (χ3n) is 3.64. The number of benzene rings is 1. The van der Waals surface area contributed by atoms with E-state index in [0.717, 1.165) is 6.54 Å². The molecule has 1 aromatic heterocycles. The van der Waals surface area contributed by atoms with E-state index in [0.29, 0.717) is 6.04 Å². The number of para-hydroxylation sites is 1. The van der Waals surface area contributed by atoms with Gasteiger partial charge >= 0.3 is 0 Å². The van der Waals surface area contributed by atoms with Gasteiger partial charge in [-0.15, -0.1) is 0 Å². The lowest BCUT2D eigenvalue weighted by molar-refractivity contribution is 0.244. The van der Waals surface area contributed by atoms with Gasteiger partial charge in [0.05, 0.1) is 0 Å². The van der Waals surface area contributed by atoms with Gasteiger partial charge in [0, 0.05) is 29.2 Å². The van der Waals surface area contributed by atoms with Crippen molar-refractivity contribution in [2.75, 3.05) is 13.6 Å². The summed E-state index contributed by atoms with van der Waals surface area (Å²) in [5.74, 6) is 0. The first-order chi connectivity index (χ1) is 7.27. The van der Waals surface area contributed by atoms with Gasteiger partial charge in [-0.1, -0.05) is 18.2 Å². The van der Waals surface area contributed by atoms with E-state index in [2.05, 4.69) is 48.1 Å². The number of hydrogen-bond acceptors (Lipinski definition) is 1. The lowest BCUT2D eigenvalue weighted by Gasteiger charge is -2.29. The number of aromatic amines is 1.